The lowest BCUT2D eigenvalue weighted by atomic mass is 9.92. The highest BCUT2D eigenvalue weighted by Crippen LogP contribution is 2.27. The van der Waals surface area contributed by atoms with Gasteiger partial charge in [-0.2, -0.15) is 0 Å². The Hall–Kier alpha value is -2.13. The zero-order valence-electron chi connectivity index (χ0n) is 22.5. The van der Waals surface area contributed by atoms with Crippen molar-refractivity contribution in [3.05, 3.63) is 36.0 Å². The molecule has 0 bridgehead atoms. The number of rotatable bonds is 5. The maximum absolute atomic E-state index is 12.1. The van der Waals surface area contributed by atoms with Crippen LogP contribution in [-0.4, -0.2) is 26.5 Å². The first-order chi connectivity index (χ1) is 16.0. The highest BCUT2D eigenvalue weighted by molar-refractivity contribution is 5.53. The van der Waals surface area contributed by atoms with Gasteiger partial charge in [0.15, 0.2) is 0 Å². The summed E-state index contributed by atoms with van der Waals surface area (Å²) in [4.78, 5) is 1.98. The summed E-state index contributed by atoms with van der Waals surface area (Å²) in [5.41, 5.74) is 1.96. The molecule has 0 aliphatic carbocycles. The molecule has 1 saturated heterocycles. The molecule has 1 aromatic rings. The third-order valence-electron chi connectivity index (χ3n) is 5.37. The van der Waals surface area contributed by atoms with Gasteiger partial charge in [-0.15, -0.1) is 26.0 Å². The van der Waals surface area contributed by atoms with Crippen molar-refractivity contribution in [1.29, 1.82) is 0 Å². The predicted molar refractivity (Wildman–Crippen MR) is 141 cm³/mol. The molecule has 34 heavy (non-hydrogen) atoms. The second-order valence-electron chi connectivity index (χ2n) is 8.78. The maximum atomic E-state index is 12.1. The standard InChI is InChI=1S/C15H20F3NO.C8H17N.C3H8.C2H2/c1-5-6-14(11(2)3)19(4)12-7-9-13(10-8-12)20-15(16,17)18;1-7-3-5-9-6-4-8(7)2;1-3-2;1-2/h6-11H,5H2,1-4H3;7-9H,3-6H2,1-2H3;3H2,1-2H3;1-2H/b14-6-;;;. The first-order valence-electron chi connectivity index (χ1n) is 12.3. The summed E-state index contributed by atoms with van der Waals surface area (Å²) in [7, 11) is 1.90. The molecule has 2 atom stereocenters. The van der Waals surface area contributed by atoms with Crippen LogP contribution in [0.1, 0.15) is 74.1 Å². The minimum absolute atomic E-state index is 0.208. The molecule has 6 heteroatoms. The Morgan fingerprint density at radius 1 is 1.06 bits per heavy atom. The van der Waals surface area contributed by atoms with Crippen LogP contribution in [-0.2, 0) is 0 Å². The summed E-state index contributed by atoms with van der Waals surface area (Å²) in [5, 5.41) is 3.41. The summed E-state index contributed by atoms with van der Waals surface area (Å²) in [6.45, 7) is 17.6. The Morgan fingerprint density at radius 3 is 1.85 bits per heavy atom. The van der Waals surface area contributed by atoms with Crippen LogP contribution >= 0.6 is 0 Å². The Bertz CT molecular complexity index is 656. The highest BCUT2D eigenvalue weighted by atomic mass is 19.4. The van der Waals surface area contributed by atoms with Crippen molar-refractivity contribution in [2.24, 2.45) is 17.8 Å². The second-order valence-corrected chi connectivity index (χ2v) is 8.78. The Kier molecular flexibility index (Phi) is 19.2. The number of halogens is 3. The topological polar surface area (TPSA) is 24.5 Å². The molecule has 3 nitrogen and oxygen atoms in total. The van der Waals surface area contributed by atoms with Crippen molar-refractivity contribution in [3.63, 3.8) is 0 Å². The number of alkyl halides is 3. The molecule has 1 aliphatic heterocycles. The molecule has 1 N–H and O–H groups in total. The first-order valence-corrected chi connectivity index (χ1v) is 12.3. The van der Waals surface area contributed by atoms with Crippen molar-refractivity contribution < 1.29 is 17.9 Å². The molecule has 196 valence electrons. The lowest BCUT2D eigenvalue weighted by molar-refractivity contribution is -0.274. The first kappa shape index (κ1) is 34.0. The third kappa shape index (κ3) is 15.7. The van der Waals surface area contributed by atoms with Gasteiger partial charge < -0.3 is 15.0 Å². The number of ether oxygens (including phenoxy) is 1. The van der Waals surface area contributed by atoms with E-state index in [1.807, 2.05) is 11.9 Å². The fourth-order valence-electron chi connectivity index (χ4n) is 3.34. The van der Waals surface area contributed by atoms with E-state index in [4.69, 9.17) is 0 Å². The Balaban J connectivity index is 0. The SMILES string of the molecule is C#C.CC/C=C(/C(C)C)N(C)c1ccc(OC(F)(F)F)cc1.CC1CCNCCC1C.CCC. The summed E-state index contributed by atoms with van der Waals surface area (Å²) in [6, 6.07) is 5.88. The second kappa shape index (κ2) is 19.2. The van der Waals surface area contributed by atoms with Gasteiger partial charge in [-0.05, 0) is 74.4 Å². The molecule has 0 amide bonds. The molecule has 1 heterocycles. The van der Waals surface area contributed by atoms with Crippen LogP contribution in [0.5, 0.6) is 5.75 Å². The van der Waals surface area contributed by atoms with E-state index in [-0.39, 0.29) is 5.75 Å². The van der Waals surface area contributed by atoms with Gasteiger partial charge in [-0.3, -0.25) is 0 Å². The number of hydrogen-bond donors (Lipinski definition) is 1. The van der Waals surface area contributed by atoms with Crippen LogP contribution in [0.4, 0.5) is 18.9 Å². The van der Waals surface area contributed by atoms with E-state index in [1.165, 1.54) is 44.5 Å². The average Bonchev–Trinajstić information content (AvgIpc) is 2.96. The summed E-state index contributed by atoms with van der Waals surface area (Å²) < 4.78 is 40.1. The van der Waals surface area contributed by atoms with Gasteiger partial charge >= 0.3 is 6.36 Å². The lowest BCUT2D eigenvalue weighted by Gasteiger charge is -2.26. The van der Waals surface area contributed by atoms with Crippen LogP contribution < -0.4 is 15.0 Å². The van der Waals surface area contributed by atoms with Gasteiger partial charge in [0.05, 0.1) is 0 Å². The zero-order valence-corrected chi connectivity index (χ0v) is 22.5. The quantitative estimate of drug-likeness (QED) is 0.426. The van der Waals surface area contributed by atoms with E-state index in [2.05, 4.69) is 77.4 Å². The lowest BCUT2D eigenvalue weighted by Crippen LogP contribution is -2.20. The molecule has 0 radical (unpaired) electrons. The van der Waals surface area contributed by atoms with Gasteiger partial charge in [0.2, 0.25) is 0 Å². The molecule has 2 unspecified atom stereocenters. The van der Waals surface area contributed by atoms with Gasteiger partial charge in [-0.25, -0.2) is 0 Å². The van der Waals surface area contributed by atoms with Crippen molar-refractivity contribution in [1.82, 2.24) is 5.32 Å². The number of benzene rings is 1. The van der Waals surface area contributed by atoms with Crippen molar-refractivity contribution in [2.75, 3.05) is 25.0 Å². The van der Waals surface area contributed by atoms with E-state index in [0.29, 0.717) is 5.92 Å². The summed E-state index contributed by atoms with van der Waals surface area (Å²) >= 11 is 0. The van der Waals surface area contributed by atoms with Crippen LogP contribution in [0, 0.1) is 30.6 Å². The number of nitrogens with zero attached hydrogens (tertiary/aromatic N) is 1. The van der Waals surface area contributed by atoms with Crippen LogP contribution in [0.3, 0.4) is 0 Å². The van der Waals surface area contributed by atoms with Gasteiger partial charge in [0.1, 0.15) is 5.75 Å². The maximum Gasteiger partial charge on any atom is 0.573 e. The fourth-order valence-corrected chi connectivity index (χ4v) is 3.34. The Labute approximate surface area is 207 Å². The largest absolute Gasteiger partial charge is 0.573 e. The normalized spacial score (nSPS) is 18.1. The van der Waals surface area contributed by atoms with Gasteiger partial charge in [0.25, 0.3) is 0 Å². The number of terminal acetylenes is 1. The third-order valence-corrected chi connectivity index (χ3v) is 5.37. The molecule has 0 aromatic heterocycles. The van der Waals surface area contributed by atoms with E-state index in [1.54, 1.807) is 12.1 Å². The van der Waals surface area contributed by atoms with Gasteiger partial charge in [-0.1, -0.05) is 61.0 Å². The molecule has 0 saturated carbocycles. The molecule has 1 fully saturated rings. The van der Waals surface area contributed by atoms with Crippen LogP contribution in [0.25, 0.3) is 0 Å². The molecular weight excluding hydrogens is 437 g/mol. The van der Waals surface area contributed by atoms with Crippen molar-refractivity contribution >= 4 is 5.69 Å². The summed E-state index contributed by atoms with van der Waals surface area (Å²) in [5.74, 6) is 1.99. The molecular formula is C28H47F3N2O. The smallest absolute Gasteiger partial charge is 0.406 e. The molecule has 2 rings (SSSR count). The molecule has 1 aliphatic rings. The minimum atomic E-state index is -4.65. The predicted octanol–water partition coefficient (Wildman–Crippen LogP) is 8.28. The monoisotopic (exact) mass is 484 g/mol. The van der Waals surface area contributed by atoms with Crippen molar-refractivity contribution in [2.45, 2.75) is 80.5 Å². The average molecular weight is 485 g/mol. The van der Waals surface area contributed by atoms with Crippen LogP contribution in [0.2, 0.25) is 0 Å². The Morgan fingerprint density at radius 2 is 1.50 bits per heavy atom. The van der Waals surface area contributed by atoms with Crippen LogP contribution in [0.15, 0.2) is 36.0 Å². The van der Waals surface area contributed by atoms with E-state index < -0.39 is 6.36 Å². The van der Waals surface area contributed by atoms with Crippen molar-refractivity contribution in [3.8, 4) is 18.6 Å². The van der Waals surface area contributed by atoms with E-state index >= 15 is 0 Å². The number of allylic oxidation sites excluding steroid dienone is 2. The zero-order chi connectivity index (χ0) is 26.7. The highest BCUT2D eigenvalue weighted by Gasteiger charge is 2.31. The number of anilines is 1. The summed E-state index contributed by atoms with van der Waals surface area (Å²) in [6.07, 6.45) is 10.3. The molecule has 1 aromatic carbocycles. The van der Waals surface area contributed by atoms with Gasteiger partial charge in [0, 0.05) is 18.4 Å². The van der Waals surface area contributed by atoms with E-state index in [0.717, 1.165) is 29.6 Å². The van der Waals surface area contributed by atoms with E-state index in [9.17, 15) is 13.2 Å². The minimum Gasteiger partial charge on any atom is -0.406 e. The molecule has 0 spiro atoms. The fraction of sp³-hybridized carbons (Fsp3) is 0.643. The number of nitrogens with one attached hydrogen (secondary N) is 1. The number of hydrogen-bond acceptors (Lipinski definition) is 3.